The van der Waals surface area contributed by atoms with Gasteiger partial charge in [0.25, 0.3) is 30.4 Å². The Kier molecular flexibility index (Phi) is 17.0. The molecule has 0 bridgehead atoms. The minimum Gasteiger partial charge on any atom is -0.383 e. The molecule has 0 aliphatic carbocycles. The number of benzene rings is 2. The van der Waals surface area contributed by atoms with E-state index in [0.29, 0.717) is 41.2 Å². The summed E-state index contributed by atoms with van der Waals surface area (Å²) < 4.78 is 138. The van der Waals surface area contributed by atoms with Crippen LogP contribution in [0, 0.1) is 6.92 Å². The van der Waals surface area contributed by atoms with E-state index in [1.807, 2.05) is 31.7 Å². The summed E-state index contributed by atoms with van der Waals surface area (Å²) in [6, 6.07) is 8.92. The molecular formula is C39H54N2O13S4. The number of hydrogen-bond donors (Lipinski definition) is 4. The molecule has 0 fully saturated rings. The number of ether oxygens (including phenoxy) is 2. The topological polar surface area (TPSA) is 231 Å². The van der Waals surface area contributed by atoms with E-state index in [1.54, 1.807) is 54.7 Å². The van der Waals surface area contributed by atoms with E-state index < -0.39 is 62.7 Å². The molecule has 0 aromatic heterocycles. The maximum absolute atomic E-state index is 13.1. The smallest absolute Gasteiger partial charge is 0.294 e. The number of allylic oxidation sites excluding steroid dienone is 9. The van der Waals surface area contributed by atoms with Gasteiger partial charge in [-0.2, -0.15) is 25.3 Å². The molecule has 15 nitrogen and oxygen atoms in total. The lowest BCUT2D eigenvalue weighted by molar-refractivity contribution is 0.204. The van der Waals surface area contributed by atoms with Gasteiger partial charge in [-0.15, -0.1) is 0 Å². The normalized spacial score (nSPS) is 18.5. The molecule has 0 spiro atoms. The number of methoxy groups -OCH3 is 2. The van der Waals surface area contributed by atoms with Crippen LogP contribution in [-0.2, 0) is 60.7 Å². The second-order valence-corrected chi connectivity index (χ2v) is 20.6. The van der Waals surface area contributed by atoms with Crippen LogP contribution in [0.25, 0.3) is 0 Å². The Morgan fingerprint density at radius 2 is 1.45 bits per heavy atom. The maximum Gasteiger partial charge on any atom is 0.294 e. The molecule has 2 aromatic carbocycles. The van der Waals surface area contributed by atoms with Gasteiger partial charge in [-0.3, -0.25) is 13.7 Å². The highest BCUT2D eigenvalue weighted by Gasteiger charge is 2.43. The fourth-order valence-electron chi connectivity index (χ4n) is 6.98. The average molecular weight is 887 g/mol. The Bertz CT molecular complexity index is 2370. The summed E-state index contributed by atoms with van der Waals surface area (Å²) in [5.74, 6) is -1.00. The van der Waals surface area contributed by atoms with Crippen LogP contribution in [0.4, 0.5) is 5.69 Å². The summed E-state index contributed by atoms with van der Waals surface area (Å²) in [4.78, 5) is 1.63. The molecule has 1 heterocycles. The first-order chi connectivity index (χ1) is 26.9. The Morgan fingerprint density at radius 1 is 0.845 bits per heavy atom. The highest BCUT2D eigenvalue weighted by molar-refractivity contribution is 7.89. The summed E-state index contributed by atoms with van der Waals surface area (Å²) in [7, 11) is -14.0. The number of fused-ring (bicyclic) bond motifs is 1. The predicted octanol–water partition coefficient (Wildman–Crippen LogP) is 5.29. The molecule has 0 amide bonds. The van der Waals surface area contributed by atoms with Crippen molar-refractivity contribution in [3.8, 4) is 0 Å². The largest absolute Gasteiger partial charge is 0.383 e. The van der Waals surface area contributed by atoms with Gasteiger partial charge in [0.2, 0.25) is 10.0 Å². The second kappa shape index (κ2) is 20.2. The lowest BCUT2D eigenvalue weighted by Gasteiger charge is -2.33. The molecule has 58 heavy (non-hydrogen) atoms. The van der Waals surface area contributed by atoms with Crippen LogP contribution in [-0.4, -0.2) is 99.4 Å². The van der Waals surface area contributed by atoms with E-state index in [1.165, 1.54) is 32.4 Å². The molecule has 1 aliphatic rings. The van der Waals surface area contributed by atoms with Gasteiger partial charge in [-0.25, -0.2) is 13.1 Å². The van der Waals surface area contributed by atoms with Gasteiger partial charge in [-0.1, -0.05) is 56.0 Å². The van der Waals surface area contributed by atoms with Crippen LogP contribution in [0.5, 0.6) is 0 Å². The summed E-state index contributed by atoms with van der Waals surface area (Å²) in [6.07, 6.45) is 12.7. The van der Waals surface area contributed by atoms with E-state index in [9.17, 15) is 47.3 Å². The molecular weight excluding hydrogens is 833 g/mol. The van der Waals surface area contributed by atoms with Gasteiger partial charge >= 0.3 is 0 Å². The average Bonchev–Trinajstić information content (AvgIpc) is 3.34. The third-order valence-electron chi connectivity index (χ3n) is 10.1. The molecule has 2 unspecified atom stereocenters. The van der Waals surface area contributed by atoms with E-state index >= 15 is 0 Å². The van der Waals surface area contributed by atoms with E-state index in [-0.39, 0.29) is 48.6 Å². The molecule has 0 saturated heterocycles. The standard InChI is InChI=1S/C39H54N2O13S4/c1-30-16-17-32(57(48,49)40-22-24-53-5)28-34(30)38(3,20-12-26-55(42,43)44)31(2)14-10-8-7-9-11-15-37-39(4,21-13-27-56(45,46)47)35-29-33(58(50,51)52)18-19-36(35)41(37)23-25-54-6/h7-11,14-19,28-29,40H,2,12-13,20-27H2,1,3-6H3,(H,42,43,44)(H,45,46,47)(H,50,51,52)/b8-7+,11-9+,14-10+,37-15+. The number of hydrogen-bond acceptors (Lipinski definition) is 11. The van der Waals surface area contributed by atoms with Crippen LogP contribution in [0.15, 0.2) is 107 Å². The van der Waals surface area contributed by atoms with E-state index in [0.717, 1.165) is 5.56 Å². The van der Waals surface area contributed by atoms with Crippen molar-refractivity contribution in [3.63, 3.8) is 0 Å². The summed E-state index contributed by atoms with van der Waals surface area (Å²) >= 11 is 0. The van der Waals surface area contributed by atoms with Gasteiger partial charge in [0, 0.05) is 49.5 Å². The van der Waals surface area contributed by atoms with Gasteiger partial charge in [-0.05, 0) is 98.2 Å². The quantitative estimate of drug-likeness (QED) is 0.0631. The zero-order valence-corrected chi connectivity index (χ0v) is 36.6. The Morgan fingerprint density at radius 3 is 2.07 bits per heavy atom. The van der Waals surface area contributed by atoms with Crippen molar-refractivity contribution in [1.29, 1.82) is 0 Å². The van der Waals surface area contributed by atoms with Crippen molar-refractivity contribution in [1.82, 2.24) is 4.72 Å². The fraction of sp³-hybridized carbons (Fsp3) is 0.436. The SMILES string of the molecule is C=C(/C=C/C=C/C=C/C=C1/N(CCOC)c2ccc(S(=O)(=O)O)cc2C1(C)CCCS(=O)(=O)O)C(C)(CCCS(=O)(=O)O)c1cc(S(=O)(=O)NCCOC)ccc1C. The predicted molar refractivity (Wildman–Crippen MR) is 224 cm³/mol. The molecule has 2 atom stereocenters. The van der Waals surface area contributed by atoms with Gasteiger partial charge in [0.15, 0.2) is 0 Å². The Hall–Kier alpha value is -3.50. The molecule has 322 valence electrons. The molecule has 0 radical (unpaired) electrons. The first-order valence-corrected chi connectivity index (χ1v) is 24.3. The third-order valence-corrected chi connectivity index (χ3v) is 14.0. The van der Waals surface area contributed by atoms with Crippen LogP contribution >= 0.6 is 0 Å². The Balaban J connectivity index is 1.98. The lowest BCUT2D eigenvalue weighted by atomic mass is 9.71. The maximum atomic E-state index is 13.1. The summed E-state index contributed by atoms with van der Waals surface area (Å²) in [5.41, 5.74) is 1.92. The second-order valence-electron chi connectivity index (χ2n) is 14.3. The first-order valence-electron chi connectivity index (χ1n) is 18.2. The van der Waals surface area contributed by atoms with Crippen LogP contribution in [0.3, 0.4) is 0 Å². The number of sulfonamides is 1. The molecule has 2 aromatic rings. The van der Waals surface area contributed by atoms with Gasteiger partial charge in [0.1, 0.15) is 0 Å². The fourth-order valence-corrected chi connectivity index (χ4v) is 9.55. The number of rotatable bonds is 23. The van der Waals surface area contributed by atoms with Crippen molar-refractivity contribution >= 4 is 46.1 Å². The van der Waals surface area contributed by atoms with Gasteiger partial charge < -0.3 is 14.4 Å². The van der Waals surface area contributed by atoms with Gasteiger partial charge in [0.05, 0.1) is 34.5 Å². The van der Waals surface area contributed by atoms with E-state index in [4.69, 9.17) is 9.47 Å². The number of aryl methyl sites for hydroxylation is 1. The molecule has 3 rings (SSSR count). The zero-order valence-electron chi connectivity index (χ0n) is 33.3. The molecule has 19 heteroatoms. The lowest BCUT2D eigenvalue weighted by Crippen LogP contribution is -2.31. The minimum absolute atomic E-state index is 0.0145. The highest BCUT2D eigenvalue weighted by atomic mass is 32.2. The summed E-state index contributed by atoms with van der Waals surface area (Å²) in [5, 5.41) is 0. The first kappa shape index (κ1) is 48.9. The highest BCUT2D eigenvalue weighted by Crippen LogP contribution is 2.51. The van der Waals surface area contributed by atoms with Crippen molar-refractivity contribution in [2.75, 3.05) is 56.9 Å². The third kappa shape index (κ3) is 13.3. The number of nitrogens with one attached hydrogen (secondary N) is 1. The number of anilines is 1. The Labute approximate surface area is 343 Å². The monoisotopic (exact) mass is 886 g/mol. The van der Waals surface area contributed by atoms with Crippen LogP contribution < -0.4 is 9.62 Å². The molecule has 4 N–H and O–H groups in total. The van der Waals surface area contributed by atoms with Crippen molar-refractivity contribution < 1.29 is 56.8 Å². The molecule has 0 saturated carbocycles. The van der Waals surface area contributed by atoms with Crippen molar-refractivity contribution in [2.45, 2.75) is 67.1 Å². The summed E-state index contributed by atoms with van der Waals surface area (Å²) in [6.45, 7) is 10.6. The zero-order chi connectivity index (χ0) is 43.6. The van der Waals surface area contributed by atoms with Crippen molar-refractivity contribution in [3.05, 3.63) is 113 Å². The number of nitrogens with zero attached hydrogens (tertiary/aromatic N) is 1. The van der Waals surface area contributed by atoms with E-state index in [2.05, 4.69) is 11.3 Å². The van der Waals surface area contributed by atoms with Crippen LogP contribution in [0.2, 0.25) is 0 Å². The molecule has 1 aliphatic heterocycles. The van der Waals surface area contributed by atoms with Crippen LogP contribution in [0.1, 0.15) is 56.2 Å². The minimum atomic E-state index is -4.56. The van der Waals surface area contributed by atoms with Crippen molar-refractivity contribution in [2.24, 2.45) is 0 Å².